The molecule has 202 valence electrons. The first-order valence-corrected chi connectivity index (χ1v) is 13.7. The first-order valence-electron chi connectivity index (χ1n) is 13.7. The predicted molar refractivity (Wildman–Crippen MR) is 151 cm³/mol. The van der Waals surface area contributed by atoms with Crippen molar-refractivity contribution in [3.05, 3.63) is 89.9 Å². The minimum absolute atomic E-state index is 0.0681. The lowest BCUT2D eigenvalue weighted by molar-refractivity contribution is -0.144. The molecule has 2 aromatic heterocycles. The number of hydrogen-bond acceptors (Lipinski definition) is 5. The van der Waals surface area contributed by atoms with Crippen molar-refractivity contribution in [2.45, 2.75) is 51.5 Å². The summed E-state index contributed by atoms with van der Waals surface area (Å²) in [6, 6.07) is 20.4. The molecule has 0 radical (unpaired) electrons. The van der Waals surface area contributed by atoms with E-state index in [-0.39, 0.29) is 11.9 Å². The molecule has 1 saturated carbocycles. The second-order valence-electron chi connectivity index (χ2n) is 10.2. The zero-order chi connectivity index (χ0) is 27.2. The van der Waals surface area contributed by atoms with E-state index in [0.717, 1.165) is 53.8 Å². The maximum atomic E-state index is 12.7. The molecule has 4 aromatic rings. The van der Waals surface area contributed by atoms with Gasteiger partial charge in [0.25, 0.3) is 5.91 Å². The van der Waals surface area contributed by atoms with Crippen molar-refractivity contribution in [3.8, 4) is 16.9 Å². The Hall–Kier alpha value is -4.13. The Morgan fingerprint density at radius 3 is 2.33 bits per heavy atom. The van der Waals surface area contributed by atoms with E-state index in [1.165, 1.54) is 5.56 Å². The maximum absolute atomic E-state index is 12.7. The van der Waals surface area contributed by atoms with Crippen molar-refractivity contribution in [3.63, 3.8) is 0 Å². The summed E-state index contributed by atoms with van der Waals surface area (Å²) < 4.78 is 12.2. The molecule has 1 N–H and O–H groups in total. The van der Waals surface area contributed by atoms with Crippen LogP contribution in [0.5, 0.6) is 5.75 Å². The van der Waals surface area contributed by atoms with Gasteiger partial charge in [-0.3, -0.25) is 9.59 Å². The van der Waals surface area contributed by atoms with Crippen molar-refractivity contribution in [2.75, 3.05) is 13.7 Å². The van der Waals surface area contributed by atoms with Gasteiger partial charge in [0.15, 0.2) is 0 Å². The Bertz CT molecular complexity index is 1420. The van der Waals surface area contributed by atoms with E-state index in [4.69, 9.17) is 9.47 Å². The quantitative estimate of drug-likeness (QED) is 0.265. The number of carbonyl (C=O) groups is 2. The van der Waals surface area contributed by atoms with Crippen LogP contribution in [-0.2, 0) is 16.1 Å². The molecule has 5 rings (SSSR count). The van der Waals surface area contributed by atoms with Gasteiger partial charge in [-0.2, -0.15) is 0 Å². The topological polar surface area (TPSA) is 81.9 Å². The summed E-state index contributed by atoms with van der Waals surface area (Å²) in [6.07, 6.45) is 8.67. The van der Waals surface area contributed by atoms with Gasteiger partial charge in [0.2, 0.25) is 0 Å². The summed E-state index contributed by atoms with van der Waals surface area (Å²) in [5, 5.41) is 2.94. The van der Waals surface area contributed by atoms with E-state index >= 15 is 0 Å². The monoisotopic (exact) mass is 525 g/mol. The van der Waals surface area contributed by atoms with Crippen molar-refractivity contribution >= 4 is 17.5 Å². The Labute approximate surface area is 229 Å². The summed E-state index contributed by atoms with van der Waals surface area (Å²) >= 11 is 0. The number of nitrogens with zero attached hydrogens (tertiary/aromatic N) is 2. The van der Waals surface area contributed by atoms with Crippen molar-refractivity contribution in [2.24, 2.45) is 5.92 Å². The number of pyridine rings is 1. The minimum Gasteiger partial charge on any atom is -0.497 e. The summed E-state index contributed by atoms with van der Waals surface area (Å²) in [4.78, 5) is 29.0. The number of nitrogens with one attached hydrogen (secondary N) is 1. The molecule has 0 saturated heterocycles. The van der Waals surface area contributed by atoms with Crippen LogP contribution in [0.3, 0.4) is 0 Å². The number of fused-ring (bicyclic) bond motifs is 1. The largest absolute Gasteiger partial charge is 0.497 e. The lowest BCUT2D eigenvalue weighted by atomic mass is 9.77. The average Bonchev–Trinajstić information content (AvgIpc) is 3.41. The van der Waals surface area contributed by atoms with Gasteiger partial charge in [-0.15, -0.1) is 0 Å². The molecular formula is C32H35N3O4. The van der Waals surface area contributed by atoms with Crippen molar-refractivity contribution < 1.29 is 19.1 Å². The van der Waals surface area contributed by atoms with Crippen molar-refractivity contribution in [1.82, 2.24) is 14.7 Å². The zero-order valence-corrected chi connectivity index (χ0v) is 22.6. The molecule has 2 aromatic carbocycles. The smallest absolute Gasteiger partial charge is 0.306 e. The number of hydrogen-bond donors (Lipinski definition) is 1. The lowest BCUT2D eigenvalue weighted by Gasteiger charge is -2.28. The number of ether oxygens (including phenoxy) is 2. The van der Waals surface area contributed by atoms with Crippen LogP contribution in [0, 0.1) is 5.92 Å². The number of rotatable bonds is 9. The SMILES string of the molecule is CCOC(=O)CC1CCC(c2ccc(-c3ccc4nc(C(=O)NCc5ccc(OC)cc5)cn4c3)cc2)CC1. The van der Waals surface area contributed by atoms with Gasteiger partial charge in [-0.05, 0) is 91.0 Å². The third-order valence-electron chi connectivity index (χ3n) is 7.62. The molecule has 0 spiro atoms. The molecule has 2 heterocycles. The van der Waals surface area contributed by atoms with Crippen LogP contribution in [0.4, 0.5) is 0 Å². The highest BCUT2D eigenvalue weighted by Crippen LogP contribution is 2.37. The van der Waals surface area contributed by atoms with Crippen molar-refractivity contribution in [1.29, 1.82) is 0 Å². The molecule has 0 bridgehead atoms. The molecule has 1 aliphatic carbocycles. The molecule has 7 heteroatoms. The van der Waals surface area contributed by atoms with E-state index in [2.05, 4.69) is 34.6 Å². The number of esters is 1. The molecule has 0 atom stereocenters. The Morgan fingerprint density at radius 1 is 0.923 bits per heavy atom. The van der Waals surface area contributed by atoms with Crippen LogP contribution in [0.2, 0.25) is 0 Å². The number of amides is 1. The number of methoxy groups -OCH3 is 1. The fourth-order valence-corrected chi connectivity index (χ4v) is 5.39. The third kappa shape index (κ3) is 6.48. The molecule has 39 heavy (non-hydrogen) atoms. The van der Waals surface area contributed by atoms with Gasteiger partial charge in [0, 0.05) is 25.4 Å². The van der Waals surface area contributed by atoms with Gasteiger partial charge < -0.3 is 19.2 Å². The average molecular weight is 526 g/mol. The highest BCUT2D eigenvalue weighted by atomic mass is 16.5. The second-order valence-corrected chi connectivity index (χ2v) is 10.2. The molecule has 0 aliphatic heterocycles. The van der Waals surface area contributed by atoms with E-state index in [1.807, 2.05) is 53.9 Å². The fourth-order valence-electron chi connectivity index (χ4n) is 5.39. The number of aromatic nitrogens is 2. The lowest BCUT2D eigenvalue weighted by Crippen LogP contribution is -2.23. The van der Waals surface area contributed by atoms with Crippen LogP contribution in [0.25, 0.3) is 16.8 Å². The summed E-state index contributed by atoms with van der Waals surface area (Å²) in [6.45, 7) is 2.73. The standard InChI is InChI=1S/C32H35N3O4/c1-3-39-31(36)18-22-4-8-24(9-5-22)25-10-12-26(13-11-25)27-14-17-30-34-29(21-35(30)20-27)32(37)33-19-23-6-15-28(38-2)16-7-23/h6-7,10-17,20-22,24H,3-5,8-9,18-19H2,1-2H3,(H,33,37). The molecule has 1 fully saturated rings. The Morgan fingerprint density at radius 2 is 1.64 bits per heavy atom. The minimum atomic E-state index is -0.211. The van der Waals surface area contributed by atoms with Gasteiger partial charge in [-0.1, -0.05) is 36.4 Å². The molecular weight excluding hydrogens is 490 g/mol. The van der Waals surface area contributed by atoms with Crippen LogP contribution in [0.1, 0.15) is 66.6 Å². The molecule has 1 aliphatic rings. The normalized spacial score (nSPS) is 17.1. The number of benzene rings is 2. The first-order chi connectivity index (χ1) is 19.0. The van der Waals surface area contributed by atoms with E-state index in [9.17, 15) is 9.59 Å². The summed E-state index contributed by atoms with van der Waals surface area (Å²) in [5.74, 6) is 1.48. The second kappa shape index (κ2) is 12.2. The fraction of sp³-hybridized carbons (Fsp3) is 0.344. The highest BCUT2D eigenvalue weighted by Gasteiger charge is 2.24. The van der Waals surface area contributed by atoms with Crippen LogP contribution < -0.4 is 10.1 Å². The summed E-state index contributed by atoms with van der Waals surface area (Å²) in [7, 11) is 1.63. The Kier molecular flexibility index (Phi) is 8.25. The number of carbonyl (C=O) groups excluding carboxylic acids is 2. The first kappa shape index (κ1) is 26.5. The maximum Gasteiger partial charge on any atom is 0.306 e. The van der Waals surface area contributed by atoms with Crippen LogP contribution >= 0.6 is 0 Å². The highest BCUT2D eigenvalue weighted by molar-refractivity contribution is 5.92. The van der Waals surface area contributed by atoms with E-state index in [0.29, 0.717) is 37.1 Å². The van der Waals surface area contributed by atoms with Gasteiger partial charge in [-0.25, -0.2) is 4.98 Å². The van der Waals surface area contributed by atoms with Crippen LogP contribution in [-0.4, -0.2) is 35.0 Å². The van der Waals surface area contributed by atoms with Gasteiger partial charge in [0.1, 0.15) is 17.1 Å². The van der Waals surface area contributed by atoms with E-state index in [1.54, 1.807) is 13.3 Å². The van der Waals surface area contributed by atoms with E-state index < -0.39 is 0 Å². The van der Waals surface area contributed by atoms with Gasteiger partial charge in [0.05, 0.1) is 13.7 Å². The number of imidazole rings is 1. The molecule has 0 unspecified atom stereocenters. The molecule has 1 amide bonds. The third-order valence-corrected chi connectivity index (χ3v) is 7.62. The van der Waals surface area contributed by atoms with Gasteiger partial charge >= 0.3 is 5.97 Å². The zero-order valence-electron chi connectivity index (χ0n) is 22.6. The molecule has 7 nitrogen and oxygen atoms in total. The van der Waals surface area contributed by atoms with Crippen LogP contribution in [0.15, 0.2) is 73.1 Å². The predicted octanol–water partition coefficient (Wildman–Crippen LogP) is 6.17. The Balaban J connectivity index is 1.19. The summed E-state index contributed by atoms with van der Waals surface area (Å²) in [5.41, 5.74) is 5.64.